The molecule has 0 aromatic rings. The first-order valence-electron chi connectivity index (χ1n) is 6.79. The molecule has 0 aliphatic heterocycles. The second kappa shape index (κ2) is 16.7. The minimum Gasteiger partial charge on any atom is -0.481 e. The van der Waals surface area contributed by atoms with Crippen molar-refractivity contribution < 1.29 is 49.5 Å². The number of carbonyl (C=O) groups is 5. The molecule has 0 amide bonds. The van der Waals surface area contributed by atoms with Gasteiger partial charge in [-0.05, 0) is 12.8 Å². The molecule has 0 aliphatic carbocycles. The molecule has 0 radical (unpaired) electrons. The van der Waals surface area contributed by atoms with Crippen LogP contribution in [-0.2, 0) is 24.0 Å². The molecular formula is C13H23NO10. The molecule has 0 heterocycles. The molecule has 0 rings (SSSR count). The smallest absolute Gasteiger partial charge is 0.320 e. The summed E-state index contributed by atoms with van der Waals surface area (Å²) in [7, 11) is 0. The molecule has 0 aromatic carbocycles. The molecule has 24 heavy (non-hydrogen) atoms. The summed E-state index contributed by atoms with van der Waals surface area (Å²) in [6.45, 7) is 1.84. The van der Waals surface area contributed by atoms with Crippen LogP contribution in [-0.4, -0.2) is 61.4 Å². The Morgan fingerprint density at radius 1 is 0.708 bits per heavy atom. The molecule has 7 N–H and O–H groups in total. The average Bonchev–Trinajstić information content (AvgIpc) is 2.43. The molecule has 0 bridgehead atoms. The molecule has 140 valence electrons. The number of hydrogen-bond donors (Lipinski definition) is 6. The minimum absolute atomic E-state index is 0.0231. The minimum atomic E-state index is -1.17. The van der Waals surface area contributed by atoms with E-state index in [9.17, 15) is 24.0 Å². The fraction of sp³-hybridized carbons (Fsp3) is 0.615. The van der Waals surface area contributed by atoms with E-state index in [1.165, 1.54) is 0 Å². The maximum atomic E-state index is 9.99. The van der Waals surface area contributed by atoms with E-state index in [0.717, 1.165) is 6.42 Å². The van der Waals surface area contributed by atoms with Gasteiger partial charge in [0.05, 0.1) is 12.8 Å². The fourth-order valence-corrected chi connectivity index (χ4v) is 0.830. The summed E-state index contributed by atoms with van der Waals surface area (Å²) < 4.78 is 0. The Hall–Kier alpha value is -2.69. The van der Waals surface area contributed by atoms with Crippen molar-refractivity contribution in [1.82, 2.24) is 0 Å². The summed E-state index contributed by atoms with van der Waals surface area (Å²) in [5.41, 5.74) is 5.00. The predicted molar refractivity (Wildman–Crippen MR) is 79.5 cm³/mol. The van der Waals surface area contributed by atoms with Gasteiger partial charge in [-0.3, -0.25) is 24.0 Å². The molecule has 0 spiro atoms. The number of carboxylic acids is 5. The largest absolute Gasteiger partial charge is 0.481 e. The third kappa shape index (κ3) is 31.6. The topological polar surface area (TPSA) is 213 Å². The van der Waals surface area contributed by atoms with Crippen LogP contribution in [0.25, 0.3) is 0 Å². The van der Waals surface area contributed by atoms with E-state index in [0.29, 0.717) is 6.42 Å². The first-order chi connectivity index (χ1) is 10.9. The molecule has 1 atom stereocenters. The zero-order chi connectivity index (χ0) is 19.7. The number of aliphatic carboxylic acids is 5. The van der Waals surface area contributed by atoms with Crippen LogP contribution in [0.2, 0.25) is 0 Å². The highest BCUT2D eigenvalue weighted by molar-refractivity contribution is 5.75. The highest BCUT2D eigenvalue weighted by atomic mass is 16.4. The van der Waals surface area contributed by atoms with E-state index < -0.39 is 35.9 Å². The van der Waals surface area contributed by atoms with Gasteiger partial charge >= 0.3 is 29.8 Å². The Labute approximate surface area is 137 Å². The highest BCUT2D eigenvalue weighted by Crippen LogP contribution is 1.93. The maximum absolute atomic E-state index is 9.99. The van der Waals surface area contributed by atoms with Crippen LogP contribution in [0, 0.1) is 0 Å². The monoisotopic (exact) mass is 353 g/mol. The summed E-state index contributed by atoms with van der Waals surface area (Å²) in [6.07, 6.45) is 0.206. The van der Waals surface area contributed by atoms with E-state index in [-0.39, 0.29) is 25.7 Å². The summed E-state index contributed by atoms with van der Waals surface area (Å²) in [5.74, 6) is -5.06. The Morgan fingerprint density at radius 3 is 1.21 bits per heavy atom. The molecule has 0 aromatic heterocycles. The number of rotatable bonds is 9. The van der Waals surface area contributed by atoms with E-state index in [1.807, 2.05) is 6.92 Å². The van der Waals surface area contributed by atoms with Crippen LogP contribution < -0.4 is 5.73 Å². The van der Waals surface area contributed by atoms with Crippen molar-refractivity contribution in [2.24, 2.45) is 5.73 Å². The first-order valence-corrected chi connectivity index (χ1v) is 6.79. The Kier molecular flexibility index (Phi) is 18.2. The predicted octanol–water partition coefficient (Wildman–Crippen LogP) is 0.0700. The van der Waals surface area contributed by atoms with Crippen molar-refractivity contribution in [2.75, 3.05) is 0 Å². The second-order valence-electron chi connectivity index (χ2n) is 4.31. The van der Waals surface area contributed by atoms with Crippen LogP contribution in [0.1, 0.15) is 45.4 Å². The van der Waals surface area contributed by atoms with Gasteiger partial charge in [-0.15, -0.1) is 0 Å². The molecule has 0 unspecified atom stereocenters. The van der Waals surface area contributed by atoms with Gasteiger partial charge in [-0.1, -0.05) is 6.92 Å². The second-order valence-corrected chi connectivity index (χ2v) is 4.31. The molecule has 0 saturated heterocycles. The van der Waals surface area contributed by atoms with Gasteiger partial charge in [-0.25, -0.2) is 0 Å². The van der Waals surface area contributed by atoms with E-state index >= 15 is 0 Å². The van der Waals surface area contributed by atoms with Crippen molar-refractivity contribution in [3.05, 3.63) is 0 Å². The summed E-state index contributed by atoms with van der Waals surface area (Å²) in [5, 5.41) is 40.0. The van der Waals surface area contributed by atoms with E-state index in [1.54, 1.807) is 0 Å². The molecule has 0 fully saturated rings. The van der Waals surface area contributed by atoms with Crippen LogP contribution in [0.3, 0.4) is 0 Å². The van der Waals surface area contributed by atoms with E-state index in [4.69, 9.17) is 31.3 Å². The van der Waals surface area contributed by atoms with Crippen LogP contribution >= 0.6 is 0 Å². The van der Waals surface area contributed by atoms with Crippen molar-refractivity contribution >= 4 is 29.8 Å². The lowest BCUT2D eigenvalue weighted by atomic mass is 10.2. The van der Waals surface area contributed by atoms with Crippen molar-refractivity contribution in [1.29, 1.82) is 0 Å². The zero-order valence-electron chi connectivity index (χ0n) is 13.2. The third-order valence-corrected chi connectivity index (χ3v) is 2.00. The van der Waals surface area contributed by atoms with Crippen LogP contribution in [0.15, 0.2) is 0 Å². The molecule has 0 aliphatic rings. The van der Waals surface area contributed by atoms with Gasteiger partial charge in [0.2, 0.25) is 0 Å². The van der Waals surface area contributed by atoms with Crippen molar-refractivity contribution in [2.45, 2.75) is 51.5 Å². The van der Waals surface area contributed by atoms with Crippen LogP contribution in [0.4, 0.5) is 0 Å². The van der Waals surface area contributed by atoms with Gasteiger partial charge in [0.1, 0.15) is 6.04 Å². The molecule has 11 nitrogen and oxygen atoms in total. The van der Waals surface area contributed by atoms with Gasteiger partial charge < -0.3 is 31.3 Å². The lowest BCUT2D eigenvalue weighted by molar-refractivity contribution is -0.143. The quantitative estimate of drug-likeness (QED) is 0.326. The van der Waals surface area contributed by atoms with Gasteiger partial charge in [0, 0.05) is 12.8 Å². The molecule has 11 heteroatoms. The number of carboxylic acid groups (broad SMARTS) is 5. The van der Waals surface area contributed by atoms with Crippen molar-refractivity contribution in [3.63, 3.8) is 0 Å². The van der Waals surface area contributed by atoms with E-state index in [2.05, 4.69) is 0 Å². The fourth-order valence-electron chi connectivity index (χ4n) is 0.830. The Balaban J connectivity index is -0.000000285. The summed E-state index contributed by atoms with van der Waals surface area (Å²) in [4.78, 5) is 48.8. The number of nitrogens with two attached hydrogens (primary N) is 1. The maximum Gasteiger partial charge on any atom is 0.320 e. The van der Waals surface area contributed by atoms with Gasteiger partial charge in [0.25, 0.3) is 0 Å². The molecule has 0 saturated carbocycles. The standard InChI is InChI=1S/C5H9NO4.C4H6O4.C4H8O2/c6-3(5(9)10)1-2-4(7)8;5-3(6)1-2-4(7)8;1-2-3-4(5)6/h3H,1-2,6H2,(H,7,8)(H,9,10);1-2H2,(H,5,6)(H,7,8);2-3H2,1H3,(H,5,6)/t3-;;/m0../s1. The van der Waals surface area contributed by atoms with Gasteiger partial charge in [-0.2, -0.15) is 0 Å². The van der Waals surface area contributed by atoms with Crippen molar-refractivity contribution in [3.8, 4) is 0 Å². The summed E-state index contributed by atoms with van der Waals surface area (Å²) in [6, 6.07) is -1.06. The van der Waals surface area contributed by atoms with Gasteiger partial charge in [0.15, 0.2) is 0 Å². The summed E-state index contributed by atoms with van der Waals surface area (Å²) >= 11 is 0. The van der Waals surface area contributed by atoms with Crippen LogP contribution in [0.5, 0.6) is 0 Å². The first kappa shape index (κ1) is 26.2. The number of hydrogen-bond acceptors (Lipinski definition) is 6. The third-order valence-electron chi connectivity index (χ3n) is 2.00. The Morgan fingerprint density at radius 2 is 1.04 bits per heavy atom. The highest BCUT2D eigenvalue weighted by Gasteiger charge is 2.12. The lowest BCUT2D eigenvalue weighted by Crippen LogP contribution is -2.30. The Bertz CT molecular complexity index is 407. The molecular weight excluding hydrogens is 330 g/mol. The average molecular weight is 353 g/mol. The normalized spacial score (nSPS) is 10.1. The zero-order valence-corrected chi connectivity index (χ0v) is 13.2. The SMILES string of the molecule is CCCC(=O)O.N[C@@H](CCC(=O)O)C(=O)O.O=C(O)CCC(=O)O. The lowest BCUT2D eigenvalue weighted by Gasteiger charge is -2.01.